The number of nitrogens with two attached hydrogens (primary N) is 1. The number of nitrogens with one attached hydrogen (secondary N) is 1. The van der Waals surface area contributed by atoms with Gasteiger partial charge in [-0.1, -0.05) is 41.4 Å². The largest absolute Gasteiger partial charge is 0.370 e. The van der Waals surface area contributed by atoms with Gasteiger partial charge in [0.2, 0.25) is 5.95 Å². The fraction of sp³-hybridized carbons (Fsp3) is 0.118. The average Bonchev–Trinajstić information content (AvgIpc) is 2.55. The number of hydrogen-bond acceptors (Lipinski definition) is 3. The molecule has 0 unspecified atom stereocenters. The van der Waals surface area contributed by atoms with Crippen molar-refractivity contribution in [3.63, 3.8) is 0 Å². The summed E-state index contributed by atoms with van der Waals surface area (Å²) in [6.45, 7) is 2.05. The lowest BCUT2D eigenvalue weighted by Crippen LogP contribution is -2.23. The van der Waals surface area contributed by atoms with Gasteiger partial charge in [-0.15, -0.1) is 0 Å². The molecule has 0 aliphatic rings. The van der Waals surface area contributed by atoms with Gasteiger partial charge in [0.25, 0.3) is 0 Å². The molecule has 0 spiro atoms. The Morgan fingerprint density at radius 3 is 2.57 bits per heavy atom. The summed E-state index contributed by atoms with van der Waals surface area (Å²) in [7, 11) is 1.60. The third-order valence-electron chi connectivity index (χ3n) is 3.46. The summed E-state index contributed by atoms with van der Waals surface area (Å²) in [6, 6.07) is 13.7. The van der Waals surface area contributed by atoms with E-state index in [1.165, 1.54) is 5.56 Å². The van der Waals surface area contributed by atoms with Crippen LogP contribution in [0.25, 0.3) is 22.2 Å². The molecule has 0 fully saturated rings. The molecular formula is C17H16ClN5. The Kier molecular flexibility index (Phi) is 4.12. The Morgan fingerprint density at radius 1 is 1.13 bits per heavy atom. The Bertz CT molecular complexity index is 887. The van der Waals surface area contributed by atoms with Gasteiger partial charge in [0, 0.05) is 23.0 Å². The van der Waals surface area contributed by atoms with Crippen LogP contribution in [0.5, 0.6) is 0 Å². The van der Waals surface area contributed by atoms with E-state index in [9.17, 15) is 0 Å². The maximum absolute atomic E-state index is 6.14. The highest BCUT2D eigenvalue weighted by Crippen LogP contribution is 2.29. The maximum atomic E-state index is 6.14. The molecule has 0 saturated heterocycles. The summed E-state index contributed by atoms with van der Waals surface area (Å²) in [5, 5.41) is 4.42. The molecule has 1 heterocycles. The van der Waals surface area contributed by atoms with Crippen LogP contribution in [0.1, 0.15) is 5.56 Å². The van der Waals surface area contributed by atoms with Crippen molar-refractivity contribution in [1.82, 2.24) is 9.97 Å². The van der Waals surface area contributed by atoms with Crippen LogP contribution in [0, 0.1) is 6.92 Å². The van der Waals surface area contributed by atoms with Crippen molar-refractivity contribution in [3.8, 4) is 11.3 Å². The first-order valence-corrected chi connectivity index (χ1v) is 7.48. The zero-order valence-electron chi connectivity index (χ0n) is 12.8. The van der Waals surface area contributed by atoms with E-state index in [0.717, 1.165) is 22.2 Å². The lowest BCUT2D eigenvalue weighted by molar-refractivity contribution is 1.21. The number of anilines is 1. The summed E-state index contributed by atoms with van der Waals surface area (Å²) in [4.78, 5) is 12.9. The van der Waals surface area contributed by atoms with Gasteiger partial charge in [-0.2, -0.15) is 0 Å². The molecule has 6 heteroatoms. The molecule has 0 amide bonds. The first kappa shape index (κ1) is 15.2. The Morgan fingerprint density at radius 2 is 1.87 bits per heavy atom. The highest BCUT2D eigenvalue weighted by Gasteiger charge is 2.11. The van der Waals surface area contributed by atoms with E-state index in [4.69, 9.17) is 17.3 Å². The topological polar surface area (TPSA) is 76.2 Å². The SMILES string of the molecule is CN=C(N)Nc1nc(-c2ccc(C)cc2)c2cc(Cl)ccc2n1. The first-order valence-electron chi connectivity index (χ1n) is 7.10. The molecule has 0 aliphatic heterocycles. The predicted octanol–water partition coefficient (Wildman–Crippen LogP) is 3.62. The molecule has 116 valence electrons. The molecule has 2 aromatic carbocycles. The molecule has 0 atom stereocenters. The van der Waals surface area contributed by atoms with Gasteiger partial charge in [-0.3, -0.25) is 10.3 Å². The number of fused-ring (bicyclic) bond motifs is 1. The average molecular weight is 326 g/mol. The van der Waals surface area contributed by atoms with Crippen LogP contribution >= 0.6 is 11.6 Å². The van der Waals surface area contributed by atoms with E-state index in [-0.39, 0.29) is 5.96 Å². The summed E-state index contributed by atoms with van der Waals surface area (Å²) in [6.07, 6.45) is 0. The zero-order chi connectivity index (χ0) is 16.4. The number of aromatic nitrogens is 2. The van der Waals surface area contributed by atoms with E-state index in [0.29, 0.717) is 11.0 Å². The van der Waals surface area contributed by atoms with E-state index in [1.54, 1.807) is 13.1 Å². The van der Waals surface area contributed by atoms with Crippen LogP contribution < -0.4 is 11.1 Å². The third-order valence-corrected chi connectivity index (χ3v) is 3.70. The van der Waals surface area contributed by atoms with Gasteiger partial charge in [0.15, 0.2) is 5.96 Å². The summed E-state index contributed by atoms with van der Waals surface area (Å²) >= 11 is 6.14. The van der Waals surface area contributed by atoms with Crippen LogP contribution in [0.4, 0.5) is 5.95 Å². The molecule has 0 bridgehead atoms. The van der Waals surface area contributed by atoms with Crippen LogP contribution in [-0.4, -0.2) is 23.0 Å². The van der Waals surface area contributed by atoms with Crippen molar-refractivity contribution in [2.45, 2.75) is 6.92 Å². The van der Waals surface area contributed by atoms with Crippen LogP contribution in [-0.2, 0) is 0 Å². The highest BCUT2D eigenvalue weighted by molar-refractivity contribution is 6.31. The minimum Gasteiger partial charge on any atom is -0.370 e. The number of guanidine groups is 1. The molecule has 3 N–H and O–H groups in total. The zero-order valence-corrected chi connectivity index (χ0v) is 13.6. The molecule has 1 aromatic heterocycles. The van der Waals surface area contributed by atoms with Gasteiger partial charge in [0.05, 0.1) is 11.2 Å². The second-order valence-electron chi connectivity index (χ2n) is 5.16. The Labute approximate surface area is 139 Å². The first-order chi connectivity index (χ1) is 11.1. The number of hydrogen-bond donors (Lipinski definition) is 2. The monoisotopic (exact) mass is 325 g/mol. The minimum atomic E-state index is 0.258. The van der Waals surface area contributed by atoms with E-state index < -0.39 is 0 Å². The third kappa shape index (κ3) is 3.24. The summed E-state index contributed by atoms with van der Waals surface area (Å²) in [5.41, 5.74) is 9.47. The maximum Gasteiger partial charge on any atom is 0.230 e. The fourth-order valence-corrected chi connectivity index (χ4v) is 2.43. The smallest absolute Gasteiger partial charge is 0.230 e. The van der Waals surface area contributed by atoms with Crippen LogP contribution in [0.2, 0.25) is 5.02 Å². The van der Waals surface area contributed by atoms with Crippen molar-refractivity contribution in [2.75, 3.05) is 12.4 Å². The molecule has 0 radical (unpaired) electrons. The fourth-order valence-electron chi connectivity index (χ4n) is 2.26. The van der Waals surface area contributed by atoms with Crippen LogP contribution in [0.15, 0.2) is 47.5 Å². The van der Waals surface area contributed by atoms with Gasteiger partial charge in [-0.05, 0) is 25.1 Å². The lowest BCUT2D eigenvalue weighted by Gasteiger charge is -2.10. The highest BCUT2D eigenvalue weighted by atomic mass is 35.5. The minimum absolute atomic E-state index is 0.258. The van der Waals surface area contributed by atoms with E-state index in [2.05, 4.69) is 20.3 Å². The van der Waals surface area contributed by atoms with Crippen molar-refractivity contribution in [2.24, 2.45) is 10.7 Å². The lowest BCUT2D eigenvalue weighted by atomic mass is 10.1. The van der Waals surface area contributed by atoms with Crippen LogP contribution in [0.3, 0.4) is 0 Å². The summed E-state index contributed by atoms with van der Waals surface area (Å²) in [5.74, 6) is 0.659. The van der Waals surface area contributed by atoms with Crippen molar-refractivity contribution in [1.29, 1.82) is 0 Å². The molecule has 0 aliphatic carbocycles. The standard InChI is InChI=1S/C17H16ClN5/c1-10-3-5-11(6-4-10)15-13-9-12(18)7-8-14(13)21-17(22-15)23-16(19)20-2/h3-9H,1-2H3,(H3,19,20,21,22,23). The Balaban J connectivity index is 2.23. The predicted molar refractivity (Wildman–Crippen MR) is 95.9 cm³/mol. The van der Waals surface area contributed by atoms with Crippen molar-refractivity contribution < 1.29 is 0 Å². The molecule has 0 saturated carbocycles. The van der Waals surface area contributed by atoms with Gasteiger partial charge in [-0.25, -0.2) is 9.97 Å². The quantitative estimate of drug-likeness (QED) is 0.557. The van der Waals surface area contributed by atoms with E-state index in [1.807, 2.05) is 43.3 Å². The summed E-state index contributed by atoms with van der Waals surface area (Å²) < 4.78 is 0. The number of halogens is 1. The van der Waals surface area contributed by atoms with Crippen molar-refractivity contribution in [3.05, 3.63) is 53.1 Å². The molecular weight excluding hydrogens is 310 g/mol. The Hall–Kier alpha value is -2.66. The number of nitrogens with zero attached hydrogens (tertiary/aromatic N) is 3. The number of aryl methyl sites for hydroxylation is 1. The number of aliphatic imine (C=N–C) groups is 1. The number of benzene rings is 2. The van der Waals surface area contributed by atoms with Crippen molar-refractivity contribution >= 4 is 34.4 Å². The van der Waals surface area contributed by atoms with E-state index >= 15 is 0 Å². The van der Waals surface area contributed by atoms with Gasteiger partial charge < -0.3 is 5.73 Å². The molecule has 3 aromatic rings. The second kappa shape index (κ2) is 6.22. The molecule has 23 heavy (non-hydrogen) atoms. The molecule has 3 rings (SSSR count). The molecule has 5 nitrogen and oxygen atoms in total. The van der Waals surface area contributed by atoms with Gasteiger partial charge >= 0.3 is 0 Å². The van der Waals surface area contributed by atoms with Gasteiger partial charge in [0.1, 0.15) is 0 Å². The second-order valence-corrected chi connectivity index (χ2v) is 5.59. The number of rotatable bonds is 2. The normalized spacial score (nSPS) is 11.7.